The first-order valence-corrected chi connectivity index (χ1v) is 26.8. The van der Waals surface area contributed by atoms with Gasteiger partial charge < -0.3 is 49.9 Å². The second-order valence-electron chi connectivity index (χ2n) is 20.6. The number of esters is 3. The monoisotopic (exact) mass is 1150 g/mol. The highest BCUT2D eigenvalue weighted by Crippen LogP contribution is 2.14. The molecular weight excluding hydrogens is 1070 g/mol. The van der Waals surface area contributed by atoms with Crippen LogP contribution in [0.4, 0.5) is 9.18 Å². The molecule has 0 saturated carbocycles. The molecule has 4 aromatic rings. The molecule has 0 aromatic heterocycles. The van der Waals surface area contributed by atoms with Gasteiger partial charge in [0.15, 0.2) is 0 Å². The van der Waals surface area contributed by atoms with E-state index in [1.807, 2.05) is 36.4 Å². The number of methoxy groups -OCH3 is 2. The molecule has 4 aromatic carbocycles. The van der Waals surface area contributed by atoms with Crippen LogP contribution in [0.2, 0.25) is 0 Å². The number of benzene rings is 4. The van der Waals surface area contributed by atoms with E-state index >= 15 is 0 Å². The average molecular weight is 1150 g/mol. The summed E-state index contributed by atoms with van der Waals surface area (Å²) < 4.78 is 45.7. The largest absolute Gasteiger partial charge is 0.478 e. The van der Waals surface area contributed by atoms with Gasteiger partial charge in [-0.2, -0.15) is 0 Å². The molecule has 446 valence electrons. The van der Waals surface area contributed by atoms with E-state index in [1.165, 1.54) is 25.3 Å². The number of hydrogen-bond acceptors (Lipinski definition) is 15. The van der Waals surface area contributed by atoms with E-state index in [4.69, 9.17) is 35.9 Å². The SMILES string of the molecule is COC(=O)[C@@H](N)CCC(=O)OC(C)(C)C.COC(=O)[C@H](CNC(=O)OC(C)(C)C)NC(=O)c1ccc(C=CC#Cc2ccc(CN3CCOCC3)cc2)cc1.O=C(O)c1ccc(C=CC#Cc2ccc(CN3CCOCC3)cc2)cc1.[2H]CF. The summed E-state index contributed by atoms with van der Waals surface area (Å²) in [6.07, 6.45) is 6.91. The molecule has 2 aliphatic rings. The molecule has 0 aliphatic carbocycles. The first kappa shape index (κ1) is 67.3. The molecule has 2 amide bonds. The Labute approximate surface area is 489 Å². The lowest BCUT2D eigenvalue weighted by molar-refractivity contribution is -0.155. The van der Waals surface area contributed by atoms with Crippen molar-refractivity contribution >= 4 is 48.0 Å². The van der Waals surface area contributed by atoms with Crippen LogP contribution in [-0.4, -0.2) is 155 Å². The lowest BCUT2D eigenvalue weighted by Crippen LogP contribution is -2.49. The highest BCUT2D eigenvalue weighted by atomic mass is 19.1. The smallest absolute Gasteiger partial charge is 0.407 e. The predicted molar refractivity (Wildman–Crippen MR) is 316 cm³/mol. The van der Waals surface area contributed by atoms with Crippen molar-refractivity contribution in [2.45, 2.75) is 90.8 Å². The highest BCUT2D eigenvalue weighted by molar-refractivity contribution is 5.97. The second kappa shape index (κ2) is 37.0. The molecule has 2 atom stereocenters. The van der Waals surface area contributed by atoms with Crippen LogP contribution in [0.1, 0.15) is 110 Å². The van der Waals surface area contributed by atoms with Crippen molar-refractivity contribution in [2.75, 3.05) is 80.5 Å². The summed E-state index contributed by atoms with van der Waals surface area (Å²) >= 11 is 0. The molecule has 19 heteroatoms. The van der Waals surface area contributed by atoms with Gasteiger partial charge in [-0.05, 0) is 143 Å². The number of alkyl halides is 1. The van der Waals surface area contributed by atoms with Crippen LogP contribution >= 0.6 is 0 Å². The van der Waals surface area contributed by atoms with Gasteiger partial charge in [0.05, 0.1) is 61.3 Å². The summed E-state index contributed by atoms with van der Waals surface area (Å²) in [5, 5.41) is 13.9. The van der Waals surface area contributed by atoms with Crippen molar-refractivity contribution in [3.63, 3.8) is 0 Å². The minimum Gasteiger partial charge on any atom is -0.478 e. The molecule has 0 radical (unpaired) electrons. The fraction of sp³-hybridized carbons (Fsp3) is 0.406. The van der Waals surface area contributed by atoms with Crippen LogP contribution < -0.4 is 16.4 Å². The number of nitrogens with two attached hydrogens (primary N) is 1. The molecule has 0 spiro atoms. The van der Waals surface area contributed by atoms with E-state index in [1.54, 1.807) is 102 Å². The maximum absolute atomic E-state index is 12.7. The van der Waals surface area contributed by atoms with E-state index in [-0.39, 0.29) is 30.9 Å². The Morgan fingerprint density at radius 2 is 1.10 bits per heavy atom. The van der Waals surface area contributed by atoms with Gasteiger partial charge in [-0.15, -0.1) is 0 Å². The van der Waals surface area contributed by atoms with E-state index in [9.17, 15) is 33.2 Å². The molecule has 6 rings (SSSR count). The molecule has 0 bridgehead atoms. The fourth-order valence-electron chi connectivity index (χ4n) is 7.44. The van der Waals surface area contributed by atoms with Crippen molar-refractivity contribution < 1.29 is 68.1 Å². The maximum Gasteiger partial charge on any atom is 0.407 e. The van der Waals surface area contributed by atoms with Gasteiger partial charge in [0.1, 0.15) is 23.3 Å². The summed E-state index contributed by atoms with van der Waals surface area (Å²) in [6, 6.07) is 28.3. The Morgan fingerprint density at radius 3 is 1.49 bits per heavy atom. The molecule has 2 fully saturated rings. The molecule has 0 unspecified atom stereocenters. The normalized spacial score (nSPS) is 14.2. The van der Waals surface area contributed by atoms with Crippen LogP contribution in [-0.2, 0) is 55.9 Å². The summed E-state index contributed by atoms with van der Waals surface area (Å²) in [7, 11) is 1.47. The third-order valence-corrected chi connectivity index (χ3v) is 11.6. The Kier molecular flexibility index (Phi) is 30.0. The van der Waals surface area contributed by atoms with Crippen LogP contribution in [0, 0.1) is 23.7 Å². The molecule has 5 N–H and O–H groups in total. The third kappa shape index (κ3) is 29.4. The molecule has 83 heavy (non-hydrogen) atoms. The van der Waals surface area contributed by atoms with Crippen LogP contribution in [0.25, 0.3) is 12.2 Å². The van der Waals surface area contributed by atoms with Gasteiger partial charge >= 0.3 is 30.0 Å². The van der Waals surface area contributed by atoms with Crippen molar-refractivity contribution in [3.05, 3.63) is 154 Å². The first-order valence-electron chi connectivity index (χ1n) is 27.6. The van der Waals surface area contributed by atoms with Gasteiger partial charge in [-0.1, -0.05) is 72.2 Å². The Balaban J connectivity index is 0.000000358. The minimum atomic E-state index is -1.08. The zero-order valence-electron chi connectivity index (χ0n) is 49.8. The third-order valence-electron chi connectivity index (χ3n) is 11.6. The van der Waals surface area contributed by atoms with Crippen LogP contribution in [0.5, 0.6) is 0 Å². The quantitative estimate of drug-likeness (QED) is 0.0475. The van der Waals surface area contributed by atoms with E-state index < -0.39 is 60.3 Å². The number of hydrogen-bond donors (Lipinski definition) is 4. The van der Waals surface area contributed by atoms with Crippen molar-refractivity contribution in [1.29, 1.82) is 0 Å². The molecular formula is C64H80FN5O13. The number of aromatic carboxylic acids is 1. The van der Waals surface area contributed by atoms with Gasteiger partial charge in [0.25, 0.3) is 5.91 Å². The number of allylic oxidation sites excluding steroid dienone is 2. The Morgan fingerprint density at radius 1 is 0.675 bits per heavy atom. The molecule has 18 nitrogen and oxygen atoms in total. The number of rotatable bonds is 16. The van der Waals surface area contributed by atoms with E-state index in [2.05, 4.69) is 73.1 Å². The first-order chi connectivity index (χ1) is 40.0. The standard InChI is InChI=1S/C31H37N3O6.C22H21NO3.C10H19NO4.CH3F/c1-31(2,3)40-30(37)32-21-27(29(36)38-4)33-28(35)26-15-13-24(14-16-26)8-6-5-7-23-9-11-25(12-10-23)22-34-17-19-39-20-18-34;24-22(25)21-11-9-19(10-12-21)4-2-1-3-18-5-7-20(8-6-18)17-23-13-15-26-16-14-23;1-10(2,3)15-8(12)6-5-7(11)9(13)14-4;1-2/h6,8-16,27H,17-22H2,1-4H3,(H,32,37)(H,33,35);2,4-12H,13-17H2,(H,24,25);7H,5-6,11H2,1-4H3;1H3/t27-;;7-;/m0.0./s1/i;;;1D. The van der Waals surface area contributed by atoms with Gasteiger partial charge in [0, 0.05) is 62.4 Å². The van der Waals surface area contributed by atoms with Gasteiger partial charge in [-0.3, -0.25) is 28.6 Å². The Bertz CT molecular complexity index is 2870. The molecule has 2 saturated heterocycles. The number of morpholine rings is 2. The van der Waals surface area contributed by atoms with Crippen molar-refractivity contribution in [2.24, 2.45) is 5.73 Å². The van der Waals surface area contributed by atoms with Gasteiger partial charge in [0.2, 0.25) is 0 Å². The topological polar surface area (TPSA) is 235 Å². The van der Waals surface area contributed by atoms with Crippen molar-refractivity contribution in [1.82, 2.24) is 20.4 Å². The number of amides is 2. The lowest BCUT2D eigenvalue weighted by atomic mass is 10.1. The number of nitrogens with zero attached hydrogens (tertiary/aromatic N) is 2. The zero-order chi connectivity index (χ0) is 61.9. The number of alkyl carbamates (subject to hydrolysis) is 1. The number of carbonyl (C=O) groups is 6. The second-order valence-corrected chi connectivity index (χ2v) is 20.6. The lowest BCUT2D eigenvalue weighted by Gasteiger charge is -2.26. The number of carboxylic acids is 1. The zero-order valence-corrected chi connectivity index (χ0v) is 48.8. The van der Waals surface area contributed by atoms with Gasteiger partial charge in [-0.25, -0.2) is 14.4 Å². The summed E-state index contributed by atoms with van der Waals surface area (Å²) in [5.41, 5.74) is 11.1. The number of carbonyl (C=O) groups excluding carboxylic acids is 5. The van der Waals surface area contributed by atoms with Crippen LogP contribution in [0.3, 0.4) is 0 Å². The maximum atomic E-state index is 12.7. The number of carboxylic acid groups (broad SMARTS) is 1. The highest BCUT2D eigenvalue weighted by Gasteiger charge is 2.25. The number of halogens is 1. The van der Waals surface area contributed by atoms with Crippen molar-refractivity contribution in [3.8, 4) is 23.7 Å². The summed E-state index contributed by atoms with van der Waals surface area (Å²) in [6.45, 7) is 19.3. The molecule has 2 aliphatic heterocycles. The fourth-order valence-corrected chi connectivity index (χ4v) is 7.44. The summed E-state index contributed by atoms with van der Waals surface area (Å²) in [4.78, 5) is 74.5. The Hall–Kier alpha value is -8.17. The van der Waals surface area contributed by atoms with E-state index in [0.717, 1.165) is 87.9 Å². The van der Waals surface area contributed by atoms with Crippen LogP contribution in [0.15, 0.2) is 109 Å². The number of ether oxygens (including phenoxy) is 6. The number of nitrogens with one attached hydrogen (secondary N) is 2. The molecule has 2 heterocycles. The van der Waals surface area contributed by atoms with E-state index in [0.29, 0.717) is 5.56 Å². The predicted octanol–water partition coefficient (Wildman–Crippen LogP) is 7.86. The average Bonchev–Trinajstić information content (AvgIpc) is 3.53. The minimum absolute atomic E-state index is 0.119. The summed E-state index contributed by atoms with van der Waals surface area (Å²) in [5.74, 6) is 9.33.